The van der Waals surface area contributed by atoms with Crippen LogP contribution in [0.4, 0.5) is 0 Å². The van der Waals surface area contributed by atoms with E-state index in [-0.39, 0.29) is 18.1 Å². The molecule has 0 aliphatic carbocycles. The monoisotopic (exact) mass is 166 g/mol. The second-order valence-electron chi connectivity index (χ2n) is 3.10. The fourth-order valence-corrected chi connectivity index (χ4v) is 1.27. The van der Waals surface area contributed by atoms with Gasteiger partial charge in [-0.3, -0.25) is 9.59 Å². The van der Waals surface area contributed by atoms with Gasteiger partial charge in [-0.05, 0) is 13.3 Å². The van der Waals surface area contributed by atoms with Crippen LogP contribution in [-0.4, -0.2) is 18.2 Å². The molecule has 1 saturated heterocycles. The van der Waals surface area contributed by atoms with E-state index < -0.39 is 5.41 Å². The van der Waals surface area contributed by atoms with E-state index in [9.17, 15) is 9.59 Å². The summed E-state index contributed by atoms with van der Waals surface area (Å²) in [6.07, 6.45) is 0.330. The van der Waals surface area contributed by atoms with Gasteiger partial charge in [0.1, 0.15) is 5.41 Å². The molecule has 0 aromatic rings. The molecule has 1 atom stereocenters. The van der Waals surface area contributed by atoms with E-state index in [1.807, 2.05) is 0 Å². The summed E-state index contributed by atoms with van der Waals surface area (Å²) >= 11 is 0. The number of Topliss-reactive ketones (excluding diaryl/α,β-unsaturated/α-hetero) is 1. The predicted octanol–water partition coefficient (Wildman–Crippen LogP) is -0.00462. The summed E-state index contributed by atoms with van der Waals surface area (Å²) in [6.45, 7) is 2.13. The molecule has 0 spiro atoms. The minimum Gasteiger partial charge on any atom is -0.355 e. The van der Waals surface area contributed by atoms with E-state index in [1.165, 1.54) is 0 Å². The molecule has 4 nitrogen and oxygen atoms in total. The maximum atomic E-state index is 11.3. The third-order valence-corrected chi connectivity index (χ3v) is 2.27. The number of carbonyl (C=O) groups is 2. The molecule has 1 N–H and O–H groups in total. The average molecular weight is 166 g/mol. The normalized spacial score (nSPS) is 27.8. The predicted molar refractivity (Wildman–Crippen MR) is 41.0 cm³/mol. The van der Waals surface area contributed by atoms with Crippen molar-refractivity contribution in [2.24, 2.45) is 5.41 Å². The summed E-state index contributed by atoms with van der Waals surface area (Å²) in [5.41, 5.74) is -0.949. The Kier molecular flexibility index (Phi) is 2.13. The van der Waals surface area contributed by atoms with Crippen molar-refractivity contribution in [3.05, 3.63) is 0 Å². The Morgan fingerprint density at radius 3 is 2.92 bits per heavy atom. The molecular formula is C8H10N2O2. The van der Waals surface area contributed by atoms with Crippen molar-refractivity contribution < 1.29 is 9.59 Å². The van der Waals surface area contributed by atoms with Gasteiger partial charge in [0.15, 0.2) is 5.78 Å². The molecule has 1 aliphatic heterocycles. The number of amides is 1. The Morgan fingerprint density at radius 1 is 1.83 bits per heavy atom. The number of nitrogens with one attached hydrogen (secondary N) is 1. The first-order chi connectivity index (χ1) is 5.61. The zero-order chi connectivity index (χ0) is 9.19. The van der Waals surface area contributed by atoms with Crippen molar-refractivity contribution in [3.8, 4) is 6.07 Å². The van der Waals surface area contributed by atoms with E-state index in [0.29, 0.717) is 13.0 Å². The van der Waals surface area contributed by atoms with Crippen LogP contribution < -0.4 is 5.32 Å². The van der Waals surface area contributed by atoms with E-state index in [0.717, 1.165) is 0 Å². The third-order valence-electron chi connectivity index (χ3n) is 2.27. The second kappa shape index (κ2) is 2.94. The second-order valence-corrected chi connectivity index (χ2v) is 3.10. The molecule has 4 heteroatoms. The number of carbonyl (C=O) groups excluding carboxylic acids is 2. The Bertz CT molecular complexity index is 267. The van der Waals surface area contributed by atoms with Crippen molar-refractivity contribution in [2.45, 2.75) is 19.8 Å². The zero-order valence-electron chi connectivity index (χ0n) is 6.89. The highest BCUT2D eigenvalue weighted by atomic mass is 16.2. The maximum Gasteiger partial charge on any atom is 0.233 e. The van der Waals surface area contributed by atoms with Crippen LogP contribution in [0.15, 0.2) is 0 Å². The molecule has 0 saturated carbocycles. The smallest absolute Gasteiger partial charge is 0.233 e. The van der Waals surface area contributed by atoms with Gasteiger partial charge >= 0.3 is 0 Å². The summed E-state index contributed by atoms with van der Waals surface area (Å²) in [6, 6.07) is 1.76. The largest absolute Gasteiger partial charge is 0.355 e. The van der Waals surface area contributed by atoms with Crippen LogP contribution in [0.25, 0.3) is 0 Å². The van der Waals surface area contributed by atoms with Gasteiger partial charge < -0.3 is 5.32 Å². The highest BCUT2D eigenvalue weighted by molar-refractivity contribution is 6.07. The molecule has 0 aromatic heterocycles. The molecule has 1 rings (SSSR count). The number of hydrogen-bond acceptors (Lipinski definition) is 3. The number of hydrogen-bond donors (Lipinski definition) is 1. The van der Waals surface area contributed by atoms with Crippen molar-refractivity contribution >= 4 is 11.7 Å². The van der Waals surface area contributed by atoms with Crippen molar-refractivity contribution in [2.75, 3.05) is 6.54 Å². The first-order valence-electron chi connectivity index (χ1n) is 3.80. The zero-order valence-corrected chi connectivity index (χ0v) is 6.89. The van der Waals surface area contributed by atoms with Gasteiger partial charge in [-0.25, -0.2) is 0 Å². The summed E-state index contributed by atoms with van der Waals surface area (Å²) in [7, 11) is 0. The van der Waals surface area contributed by atoms with Crippen LogP contribution in [0.3, 0.4) is 0 Å². The van der Waals surface area contributed by atoms with E-state index in [4.69, 9.17) is 5.26 Å². The first-order valence-corrected chi connectivity index (χ1v) is 3.80. The molecule has 1 fully saturated rings. The fourth-order valence-electron chi connectivity index (χ4n) is 1.27. The van der Waals surface area contributed by atoms with Crippen LogP contribution in [0.2, 0.25) is 0 Å². The molecule has 0 radical (unpaired) electrons. The number of ketones is 1. The molecule has 12 heavy (non-hydrogen) atoms. The van der Waals surface area contributed by atoms with Crippen LogP contribution in [0, 0.1) is 16.7 Å². The van der Waals surface area contributed by atoms with Gasteiger partial charge in [0.05, 0.1) is 12.5 Å². The molecule has 0 bridgehead atoms. The molecule has 0 aromatic carbocycles. The van der Waals surface area contributed by atoms with Crippen LogP contribution in [0.5, 0.6) is 0 Å². The molecule has 1 aliphatic rings. The van der Waals surface area contributed by atoms with Crippen LogP contribution in [0.1, 0.15) is 19.8 Å². The number of rotatable bonds is 2. The lowest BCUT2D eigenvalue weighted by atomic mass is 9.83. The van der Waals surface area contributed by atoms with Crippen LogP contribution in [-0.2, 0) is 9.59 Å². The van der Waals surface area contributed by atoms with Crippen molar-refractivity contribution in [1.82, 2.24) is 5.32 Å². The van der Waals surface area contributed by atoms with Gasteiger partial charge in [-0.15, -0.1) is 0 Å². The minimum absolute atomic E-state index is 0.177. The summed E-state index contributed by atoms with van der Waals surface area (Å²) in [4.78, 5) is 22.5. The number of nitriles is 1. The minimum atomic E-state index is -0.949. The topological polar surface area (TPSA) is 70.0 Å². The Morgan fingerprint density at radius 2 is 2.50 bits per heavy atom. The Balaban J connectivity index is 2.78. The van der Waals surface area contributed by atoms with E-state index >= 15 is 0 Å². The average Bonchev–Trinajstić information content (AvgIpc) is 2.34. The van der Waals surface area contributed by atoms with Gasteiger partial charge in [0.2, 0.25) is 5.91 Å². The summed E-state index contributed by atoms with van der Waals surface area (Å²) < 4.78 is 0. The number of nitrogens with zero attached hydrogens (tertiary/aromatic N) is 1. The van der Waals surface area contributed by atoms with Gasteiger partial charge in [0, 0.05) is 6.54 Å². The standard InChI is InChI=1S/C8H10N2O2/c1-8(6(11)2-4-9)3-5-10-7(8)12/h2-3,5H2,1H3,(H,10,12). The SMILES string of the molecule is CC1(C(=O)CC#N)CCNC1=O. The Hall–Kier alpha value is -1.37. The molecule has 1 amide bonds. The summed E-state index contributed by atoms with van der Waals surface area (Å²) in [5.74, 6) is -0.525. The lowest BCUT2D eigenvalue weighted by Crippen LogP contribution is -2.35. The third kappa shape index (κ3) is 1.18. The quantitative estimate of drug-likeness (QED) is 0.587. The van der Waals surface area contributed by atoms with Gasteiger partial charge in [0.25, 0.3) is 0 Å². The van der Waals surface area contributed by atoms with Crippen molar-refractivity contribution in [1.29, 1.82) is 5.26 Å². The highest BCUT2D eigenvalue weighted by Gasteiger charge is 2.43. The first kappa shape index (κ1) is 8.72. The fraction of sp³-hybridized carbons (Fsp3) is 0.625. The van der Waals surface area contributed by atoms with Gasteiger partial charge in [-0.1, -0.05) is 0 Å². The Labute approximate surface area is 70.6 Å². The lowest BCUT2D eigenvalue weighted by molar-refractivity contribution is -0.137. The van der Waals surface area contributed by atoms with Crippen LogP contribution >= 0.6 is 0 Å². The lowest BCUT2D eigenvalue weighted by Gasteiger charge is -2.16. The van der Waals surface area contributed by atoms with E-state index in [2.05, 4.69) is 5.32 Å². The van der Waals surface area contributed by atoms with E-state index in [1.54, 1.807) is 13.0 Å². The molecule has 64 valence electrons. The van der Waals surface area contributed by atoms with Gasteiger partial charge in [-0.2, -0.15) is 5.26 Å². The molecule has 1 heterocycles. The summed E-state index contributed by atoms with van der Waals surface area (Å²) in [5, 5.41) is 10.9. The molecule has 1 unspecified atom stereocenters. The maximum absolute atomic E-state index is 11.3. The molecular weight excluding hydrogens is 156 g/mol. The highest BCUT2D eigenvalue weighted by Crippen LogP contribution is 2.27. The van der Waals surface area contributed by atoms with Crippen molar-refractivity contribution in [3.63, 3.8) is 0 Å².